The second-order valence-electron chi connectivity index (χ2n) is 5.10. The van der Waals surface area contributed by atoms with Crippen LogP contribution in [0.2, 0.25) is 10.0 Å². The molecule has 1 heterocycles. The van der Waals surface area contributed by atoms with Crippen molar-refractivity contribution < 1.29 is 13.2 Å². The van der Waals surface area contributed by atoms with E-state index in [4.69, 9.17) is 35.4 Å². The van der Waals surface area contributed by atoms with Crippen LogP contribution in [0.3, 0.4) is 0 Å². The van der Waals surface area contributed by atoms with Crippen LogP contribution < -0.4 is 4.83 Å². The Labute approximate surface area is 170 Å². The molecule has 0 radical (unpaired) electrons. The lowest BCUT2D eigenvalue weighted by Crippen LogP contribution is -2.44. The number of thiocarbonyl (C=S) groups is 1. The van der Waals surface area contributed by atoms with Crippen LogP contribution in [0.1, 0.15) is 5.56 Å². The zero-order valence-corrected chi connectivity index (χ0v) is 16.8. The summed E-state index contributed by atoms with van der Waals surface area (Å²) in [7, 11) is -3.93. The minimum Gasteiger partial charge on any atom is -0.267 e. The van der Waals surface area contributed by atoms with Gasteiger partial charge in [-0.2, -0.15) is 0 Å². The lowest BCUT2D eigenvalue weighted by molar-refractivity contribution is -0.123. The predicted octanol–water partition coefficient (Wildman–Crippen LogP) is 4.09. The fraction of sp³-hybridized carbons (Fsp3) is 0. The minimum absolute atomic E-state index is 0.0301. The third-order valence-electron chi connectivity index (χ3n) is 3.30. The summed E-state index contributed by atoms with van der Waals surface area (Å²) in [6.07, 6.45) is 1.57. The van der Waals surface area contributed by atoms with Crippen LogP contribution in [0.5, 0.6) is 0 Å². The van der Waals surface area contributed by atoms with Crippen molar-refractivity contribution in [1.82, 2.24) is 9.84 Å². The van der Waals surface area contributed by atoms with Crippen LogP contribution >= 0.6 is 47.2 Å². The number of thioether (sulfide) groups is 1. The zero-order valence-electron chi connectivity index (χ0n) is 12.8. The lowest BCUT2D eigenvalue weighted by atomic mass is 10.2. The average molecular weight is 445 g/mol. The van der Waals surface area contributed by atoms with E-state index in [9.17, 15) is 13.2 Å². The number of carbonyl (C=O) groups excluding carboxylic acids is 1. The van der Waals surface area contributed by atoms with Crippen LogP contribution in [-0.2, 0) is 14.8 Å². The third-order valence-corrected chi connectivity index (χ3v) is 6.66. The number of carbonyl (C=O) groups is 1. The van der Waals surface area contributed by atoms with E-state index in [1.54, 1.807) is 42.5 Å². The molecular formula is C16H10Cl2N2O3S3. The maximum absolute atomic E-state index is 12.5. The summed E-state index contributed by atoms with van der Waals surface area (Å²) in [5, 5.41) is 1.58. The molecule has 0 spiro atoms. The second kappa shape index (κ2) is 7.67. The number of nitrogens with one attached hydrogen (secondary N) is 1. The normalized spacial score (nSPS) is 16.5. The summed E-state index contributed by atoms with van der Waals surface area (Å²) in [6, 6.07) is 12.6. The third kappa shape index (κ3) is 4.11. The highest BCUT2D eigenvalue weighted by Crippen LogP contribution is 2.33. The number of nitrogens with zero attached hydrogens (tertiary/aromatic N) is 1. The van der Waals surface area contributed by atoms with Crippen molar-refractivity contribution in [2.75, 3.05) is 0 Å². The molecule has 26 heavy (non-hydrogen) atoms. The second-order valence-corrected chi connectivity index (χ2v) is 9.25. The molecule has 10 heteroatoms. The summed E-state index contributed by atoms with van der Waals surface area (Å²) >= 11 is 18.0. The number of halogens is 2. The van der Waals surface area contributed by atoms with Crippen molar-refractivity contribution in [3.8, 4) is 0 Å². The van der Waals surface area contributed by atoms with Crippen molar-refractivity contribution >= 4 is 73.5 Å². The SMILES string of the molecule is O=C1C(=Cc2ccc(Cl)c(Cl)c2)SC(=S)N1NS(=O)(=O)c1ccccc1. The van der Waals surface area contributed by atoms with Gasteiger partial charge in [-0.25, -0.2) is 13.4 Å². The number of sulfonamides is 1. The highest BCUT2D eigenvalue weighted by Gasteiger charge is 2.35. The molecule has 1 saturated heterocycles. The van der Waals surface area contributed by atoms with Gasteiger partial charge in [-0.3, -0.25) is 4.79 Å². The van der Waals surface area contributed by atoms with Crippen LogP contribution in [0.4, 0.5) is 0 Å². The molecule has 1 N–H and O–H groups in total. The lowest BCUT2D eigenvalue weighted by Gasteiger charge is -2.15. The molecule has 5 nitrogen and oxygen atoms in total. The van der Waals surface area contributed by atoms with Crippen LogP contribution in [-0.4, -0.2) is 23.7 Å². The van der Waals surface area contributed by atoms with Crippen molar-refractivity contribution in [2.45, 2.75) is 4.90 Å². The highest BCUT2D eigenvalue weighted by molar-refractivity contribution is 8.26. The van der Waals surface area contributed by atoms with E-state index < -0.39 is 15.9 Å². The van der Waals surface area contributed by atoms with Gasteiger partial charge in [0.25, 0.3) is 15.9 Å². The number of hydrogen-bond donors (Lipinski definition) is 1. The Morgan fingerprint density at radius 3 is 2.42 bits per heavy atom. The van der Waals surface area contributed by atoms with Gasteiger partial charge in [0.15, 0.2) is 4.32 Å². The Hall–Kier alpha value is -1.42. The summed E-state index contributed by atoms with van der Waals surface area (Å²) in [4.78, 5) is 15.1. The molecule has 0 aliphatic carbocycles. The number of rotatable bonds is 4. The molecule has 134 valence electrons. The van der Waals surface area contributed by atoms with E-state index >= 15 is 0 Å². The summed E-state index contributed by atoms with van der Waals surface area (Å²) in [5.41, 5.74) is 0.644. The number of hydrogen-bond acceptors (Lipinski definition) is 5. The maximum Gasteiger partial charge on any atom is 0.281 e. The Morgan fingerprint density at radius 1 is 1.08 bits per heavy atom. The molecule has 2 aromatic rings. The Bertz CT molecular complexity index is 1020. The molecular weight excluding hydrogens is 435 g/mol. The van der Waals surface area contributed by atoms with Crippen LogP contribution in [0.15, 0.2) is 58.3 Å². The quantitative estimate of drug-likeness (QED) is 0.568. The van der Waals surface area contributed by atoms with E-state index in [0.717, 1.165) is 16.8 Å². The van der Waals surface area contributed by atoms with Crippen LogP contribution in [0, 0.1) is 0 Å². The Morgan fingerprint density at radius 2 is 1.77 bits per heavy atom. The van der Waals surface area contributed by atoms with Gasteiger partial charge in [-0.1, -0.05) is 71.4 Å². The molecule has 0 aromatic heterocycles. The van der Waals surface area contributed by atoms with Crippen molar-refractivity contribution in [3.63, 3.8) is 0 Å². The van der Waals surface area contributed by atoms with Crippen molar-refractivity contribution in [2.24, 2.45) is 0 Å². The number of hydrazine groups is 1. The first-order valence-electron chi connectivity index (χ1n) is 7.08. The summed E-state index contributed by atoms with van der Waals surface area (Å²) < 4.78 is 24.9. The highest BCUT2D eigenvalue weighted by atomic mass is 35.5. The van der Waals surface area contributed by atoms with E-state index in [1.807, 2.05) is 0 Å². The topological polar surface area (TPSA) is 66.5 Å². The predicted molar refractivity (Wildman–Crippen MR) is 108 cm³/mol. The molecule has 1 aliphatic heterocycles. The van der Waals surface area contributed by atoms with Gasteiger partial charge in [0.2, 0.25) is 0 Å². The van der Waals surface area contributed by atoms with E-state index in [1.165, 1.54) is 12.1 Å². The van der Waals surface area contributed by atoms with Gasteiger partial charge in [-0.15, -0.1) is 4.83 Å². The average Bonchev–Trinajstić information content (AvgIpc) is 2.86. The van der Waals surface area contributed by atoms with E-state index in [0.29, 0.717) is 15.6 Å². The maximum atomic E-state index is 12.5. The van der Waals surface area contributed by atoms with E-state index in [-0.39, 0.29) is 14.1 Å². The summed E-state index contributed by atoms with van der Waals surface area (Å²) in [6.45, 7) is 0. The van der Waals surface area contributed by atoms with Crippen LogP contribution in [0.25, 0.3) is 6.08 Å². The first-order valence-corrected chi connectivity index (χ1v) is 10.5. The molecule has 3 rings (SSSR count). The first kappa shape index (κ1) is 19.3. The van der Waals surface area contributed by atoms with Gasteiger partial charge in [0.1, 0.15) is 0 Å². The Kier molecular flexibility index (Phi) is 5.71. The fourth-order valence-corrected chi connectivity index (χ4v) is 4.71. The first-order chi connectivity index (χ1) is 12.3. The number of amides is 1. The van der Waals surface area contributed by atoms with Gasteiger partial charge < -0.3 is 0 Å². The van der Waals surface area contributed by atoms with Gasteiger partial charge in [0.05, 0.1) is 19.8 Å². The molecule has 0 saturated carbocycles. The summed E-state index contributed by atoms with van der Waals surface area (Å²) in [5.74, 6) is -0.564. The molecule has 1 amide bonds. The molecule has 0 atom stereocenters. The monoisotopic (exact) mass is 444 g/mol. The molecule has 1 fully saturated rings. The largest absolute Gasteiger partial charge is 0.281 e. The molecule has 2 aromatic carbocycles. The van der Waals surface area contributed by atoms with Crippen molar-refractivity contribution in [3.05, 3.63) is 69.0 Å². The van der Waals surface area contributed by atoms with Crippen molar-refractivity contribution in [1.29, 1.82) is 0 Å². The Balaban J connectivity index is 1.85. The van der Waals surface area contributed by atoms with Gasteiger partial charge in [-0.05, 0) is 35.9 Å². The zero-order chi connectivity index (χ0) is 18.9. The smallest absolute Gasteiger partial charge is 0.267 e. The van der Waals surface area contributed by atoms with Gasteiger partial charge >= 0.3 is 0 Å². The number of benzene rings is 2. The standard InChI is InChI=1S/C16H10Cl2N2O3S3/c17-12-7-6-10(8-13(12)18)9-14-15(21)20(16(24)25-14)19-26(22,23)11-4-2-1-3-5-11/h1-9,19H. The molecule has 0 unspecified atom stereocenters. The molecule has 0 bridgehead atoms. The van der Waals surface area contributed by atoms with Gasteiger partial charge in [0, 0.05) is 0 Å². The minimum atomic E-state index is -3.93. The molecule has 1 aliphatic rings. The van der Waals surface area contributed by atoms with E-state index in [2.05, 4.69) is 4.83 Å². The fourth-order valence-electron chi connectivity index (χ4n) is 2.07.